The molecule has 0 radical (unpaired) electrons. The number of hydrogen-bond donors (Lipinski definition) is 1. The van der Waals surface area contributed by atoms with Crippen LogP contribution in [-0.2, 0) is 9.59 Å². The topological polar surface area (TPSA) is 74.7 Å². The van der Waals surface area contributed by atoms with Gasteiger partial charge in [0.15, 0.2) is 0 Å². The Kier molecular flexibility index (Phi) is 3.36. The van der Waals surface area contributed by atoms with Crippen LogP contribution in [0.2, 0.25) is 0 Å². The second-order valence-electron chi connectivity index (χ2n) is 4.14. The zero-order chi connectivity index (χ0) is 13.1. The molecule has 1 aromatic rings. The summed E-state index contributed by atoms with van der Waals surface area (Å²) in [6, 6.07) is 3.59. The molecule has 0 aliphatic carbocycles. The van der Waals surface area contributed by atoms with Crippen LogP contribution in [0, 0.1) is 6.92 Å². The highest BCUT2D eigenvalue weighted by atomic mass is 16.2. The van der Waals surface area contributed by atoms with E-state index < -0.39 is 0 Å². The van der Waals surface area contributed by atoms with Crippen molar-refractivity contribution in [1.82, 2.24) is 9.99 Å². The first kappa shape index (κ1) is 12.2. The number of hydrazone groups is 1. The second kappa shape index (κ2) is 4.95. The van der Waals surface area contributed by atoms with Crippen molar-refractivity contribution in [3.63, 3.8) is 0 Å². The predicted molar refractivity (Wildman–Crippen MR) is 67.0 cm³/mol. The minimum Gasteiger partial charge on any atom is -0.305 e. The van der Waals surface area contributed by atoms with Crippen LogP contribution in [0.1, 0.15) is 18.4 Å². The molecule has 6 nitrogen and oxygen atoms in total. The SMILES string of the molecule is Cc1ccc(NC(=O)C2=NN(C)C(=O)CC2)nc1. The van der Waals surface area contributed by atoms with E-state index >= 15 is 0 Å². The molecule has 0 atom stereocenters. The summed E-state index contributed by atoms with van der Waals surface area (Å²) in [4.78, 5) is 27.2. The zero-order valence-electron chi connectivity index (χ0n) is 10.3. The first-order valence-corrected chi connectivity index (χ1v) is 5.64. The molecule has 2 heterocycles. The Balaban J connectivity index is 2.06. The Morgan fingerprint density at radius 3 is 2.78 bits per heavy atom. The highest BCUT2D eigenvalue weighted by molar-refractivity contribution is 6.43. The molecule has 0 bridgehead atoms. The molecular weight excluding hydrogens is 232 g/mol. The molecule has 1 aromatic heterocycles. The van der Waals surface area contributed by atoms with E-state index in [4.69, 9.17) is 0 Å². The van der Waals surface area contributed by atoms with Crippen molar-refractivity contribution in [2.24, 2.45) is 5.10 Å². The fourth-order valence-corrected chi connectivity index (χ4v) is 1.56. The molecule has 0 spiro atoms. The molecule has 94 valence electrons. The van der Waals surface area contributed by atoms with Crippen molar-refractivity contribution in [2.45, 2.75) is 19.8 Å². The van der Waals surface area contributed by atoms with E-state index in [0.29, 0.717) is 24.4 Å². The van der Waals surface area contributed by atoms with Gasteiger partial charge in [0, 0.05) is 26.1 Å². The number of amides is 2. The van der Waals surface area contributed by atoms with Gasteiger partial charge in [-0.3, -0.25) is 9.59 Å². The monoisotopic (exact) mass is 246 g/mol. The summed E-state index contributed by atoms with van der Waals surface area (Å²) in [5.74, 6) is 0.0820. The van der Waals surface area contributed by atoms with Crippen LogP contribution < -0.4 is 5.32 Å². The summed E-state index contributed by atoms with van der Waals surface area (Å²) in [6.45, 7) is 1.92. The predicted octanol–water partition coefficient (Wildman–Crippen LogP) is 0.937. The lowest BCUT2D eigenvalue weighted by atomic mass is 10.1. The maximum Gasteiger partial charge on any atom is 0.273 e. The fourth-order valence-electron chi connectivity index (χ4n) is 1.56. The van der Waals surface area contributed by atoms with Crippen molar-refractivity contribution in [1.29, 1.82) is 0 Å². The number of aromatic nitrogens is 1. The smallest absolute Gasteiger partial charge is 0.273 e. The van der Waals surface area contributed by atoms with E-state index in [1.807, 2.05) is 13.0 Å². The number of pyridine rings is 1. The van der Waals surface area contributed by atoms with Gasteiger partial charge in [-0.15, -0.1) is 0 Å². The van der Waals surface area contributed by atoms with Gasteiger partial charge in [0.1, 0.15) is 11.5 Å². The summed E-state index contributed by atoms with van der Waals surface area (Å²) in [5.41, 5.74) is 1.37. The average molecular weight is 246 g/mol. The number of carbonyl (C=O) groups excluding carboxylic acids is 2. The summed E-state index contributed by atoms with van der Waals surface area (Å²) >= 11 is 0. The summed E-state index contributed by atoms with van der Waals surface area (Å²) in [7, 11) is 1.54. The number of hydrogen-bond acceptors (Lipinski definition) is 4. The molecule has 2 amide bonds. The highest BCUT2D eigenvalue weighted by Gasteiger charge is 2.22. The highest BCUT2D eigenvalue weighted by Crippen LogP contribution is 2.09. The Morgan fingerprint density at radius 2 is 2.17 bits per heavy atom. The molecule has 1 aliphatic heterocycles. The first-order valence-electron chi connectivity index (χ1n) is 5.64. The van der Waals surface area contributed by atoms with E-state index in [-0.39, 0.29) is 11.8 Å². The van der Waals surface area contributed by atoms with Crippen molar-refractivity contribution in [3.05, 3.63) is 23.9 Å². The largest absolute Gasteiger partial charge is 0.305 e. The second-order valence-corrected chi connectivity index (χ2v) is 4.14. The first-order chi connectivity index (χ1) is 8.56. The molecular formula is C12H14N4O2. The summed E-state index contributed by atoms with van der Waals surface area (Å²) in [5, 5.41) is 7.79. The third-order valence-corrected chi connectivity index (χ3v) is 2.62. The van der Waals surface area contributed by atoms with Gasteiger partial charge in [-0.1, -0.05) is 6.07 Å². The molecule has 0 aromatic carbocycles. The molecule has 2 rings (SSSR count). The molecule has 6 heteroatoms. The van der Waals surface area contributed by atoms with Crippen molar-refractivity contribution < 1.29 is 9.59 Å². The van der Waals surface area contributed by atoms with E-state index in [0.717, 1.165) is 5.56 Å². The Labute approximate surface area is 105 Å². The van der Waals surface area contributed by atoms with E-state index in [2.05, 4.69) is 15.4 Å². The van der Waals surface area contributed by atoms with Crippen LogP contribution in [0.3, 0.4) is 0 Å². The third-order valence-electron chi connectivity index (χ3n) is 2.62. The lowest BCUT2D eigenvalue weighted by molar-refractivity contribution is -0.130. The normalized spacial score (nSPS) is 15.3. The standard InChI is InChI=1S/C12H14N4O2/c1-8-3-5-10(13-7-8)14-12(18)9-4-6-11(17)16(2)15-9/h3,5,7H,4,6H2,1-2H3,(H,13,14,18). The van der Waals surface area contributed by atoms with Gasteiger partial charge < -0.3 is 5.32 Å². The Bertz CT molecular complexity index is 507. The molecule has 1 aliphatic rings. The van der Waals surface area contributed by atoms with Crippen molar-refractivity contribution >= 4 is 23.3 Å². The molecule has 0 saturated heterocycles. The molecule has 1 N–H and O–H groups in total. The lowest BCUT2D eigenvalue weighted by Crippen LogP contribution is -2.34. The van der Waals surface area contributed by atoms with Crippen molar-refractivity contribution in [3.8, 4) is 0 Å². The number of nitrogens with one attached hydrogen (secondary N) is 1. The van der Waals surface area contributed by atoms with Crippen LogP contribution in [0.5, 0.6) is 0 Å². The summed E-state index contributed by atoms with van der Waals surface area (Å²) < 4.78 is 0. The minimum atomic E-state index is -0.314. The van der Waals surface area contributed by atoms with E-state index in [9.17, 15) is 9.59 Å². The van der Waals surface area contributed by atoms with Gasteiger partial charge in [-0.25, -0.2) is 9.99 Å². The number of nitrogens with zero attached hydrogens (tertiary/aromatic N) is 3. The van der Waals surface area contributed by atoms with Crippen LogP contribution >= 0.6 is 0 Å². The molecule has 18 heavy (non-hydrogen) atoms. The maximum absolute atomic E-state index is 11.9. The van der Waals surface area contributed by atoms with Gasteiger partial charge >= 0.3 is 0 Å². The number of anilines is 1. The number of aryl methyl sites for hydroxylation is 1. The lowest BCUT2D eigenvalue weighted by Gasteiger charge is -2.18. The molecule has 0 fully saturated rings. The Hall–Kier alpha value is -2.24. The fraction of sp³-hybridized carbons (Fsp3) is 0.333. The van der Waals surface area contributed by atoms with Crippen molar-refractivity contribution in [2.75, 3.05) is 12.4 Å². The van der Waals surface area contributed by atoms with Gasteiger partial charge in [-0.05, 0) is 18.6 Å². The van der Waals surface area contributed by atoms with Crippen LogP contribution in [0.15, 0.2) is 23.4 Å². The number of rotatable bonds is 2. The zero-order valence-corrected chi connectivity index (χ0v) is 10.3. The van der Waals surface area contributed by atoms with Gasteiger partial charge in [0.25, 0.3) is 5.91 Å². The quantitative estimate of drug-likeness (QED) is 0.843. The van der Waals surface area contributed by atoms with E-state index in [1.54, 1.807) is 19.3 Å². The number of carbonyl (C=O) groups is 2. The minimum absolute atomic E-state index is 0.0833. The maximum atomic E-state index is 11.9. The van der Waals surface area contributed by atoms with Crippen LogP contribution in [0.4, 0.5) is 5.82 Å². The average Bonchev–Trinajstić information content (AvgIpc) is 2.35. The third kappa shape index (κ3) is 2.71. The van der Waals surface area contributed by atoms with E-state index in [1.165, 1.54) is 5.01 Å². The van der Waals surface area contributed by atoms with Gasteiger partial charge in [0.2, 0.25) is 5.91 Å². The molecule has 0 unspecified atom stereocenters. The van der Waals surface area contributed by atoms with Gasteiger partial charge in [0.05, 0.1) is 0 Å². The molecule has 0 saturated carbocycles. The van der Waals surface area contributed by atoms with Gasteiger partial charge in [-0.2, -0.15) is 5.10 Å². The van der Waals surface area contributed by atoms with Crippen LogP contribution in [-0.4, -0.2) is 34.6 Å². The summed E-state index contributed by atoms with van der Waals surface area (Å²) in [6.07, 6.45) is 2.35. The Morgan fingerprint density at radius 1 is 1.39 bits per heavy atom. The van der Waals surface area contributed by atoms with Crippen LogP contribution in [0.25, 0.3) is 0 Å².